The Morgan fingerprint density at radius 2 is 2.03 bits per heavy atom. The van der Waals surface area contributed by atoms with Gasteiger partial charge in [-0.25, -0.2) is 9.59 Å². The van der Waals surface area contributed by atoms with Gasteiger partial charge >= 0.3 is 18.0 Å². The van der Waals surface area contributed by atoms with Gasteiger partial charge in [-0.05, 0) is 62.1 Å². The van der Waals surface area contributed by atoms with Crippen molar-refractivity contribution < 1.29 is 33.7 Å². The Morgan fingerprint density at radius 3 is 2.76 bits per heavy atom. The number of hydrogen-bond acceptors (Lipinski definition) is 7. The van der Waals surface area contributed by atoms with Gasteiger partial charge in [0.1, 0.15) is 12.2 Å². The van der Waals surface area contributed by atoms with Gasteiger partial charge in [-0.1, -0.05) is 19.9 Å². The number of aliphatic hydroxyl groups excluding tert-OH is 1. The first-order valence-electron chi connectivity index (χ1n) is 11.8. The number of esters is 2. The van der Waals surface area contributed by atoms with Gasteiger partial charge < -0.3 is 19.3 Å². The second kappa shape index (κ2) is 8.97. The lowest BCUT2D eigenvalue weighted by Gasteiger charge is -2.59. The van der Waals surface area contributed by atoms with E-state index in [-0.39, 0.29) is 42.5 Å². The van der Waals surface area contributed by atoms with Crippen molar-refractivity contribution in [2.24, 2.45) is 22.7 Å². The maximum atomic E-state index is 12.8. The first-order chi connectivity index (χ1) is 15.7. The molecule has 1 amide bonds. The third-order valence-corrected chi connectivity index (χ3v) is 8.19. The minimum atomic E-state index is -0.631. The molecule has 2 saturated carbocycles. The van der Waals surface area contributed by atoms with E-state index in [0.717, 1.165) is 19.3 Å². The first kappa shape index (κ1) is 23.5. The molecular formula is C25H33NO7. The molecule has 8 nitrogen and oxygen atoms in total. The van der Waals surface area contributed by atoms with Crippen LogP contribution in [0.2, 0.25) is 0 Å². The molecule has 3 fully saturated rings. The highest BCUT2D eigenvalue weighted by atomic mass is 16.6. The van der Waals surface area contributed by atoms with Crippen molar-refractivity contribution in [3.63, 3.8) is 0 Å². The van der Waals surface area contributed by atoms with Crippen LogP contribution in [0.1, 0.15) is 63.2 Å². The number of rotatable bonds is 5. The molecule has 1 aromatic rings. The van der Waals surface area contributed by atoms with Crippen molar-refractivity contribution in [1.82, 2.24) is 0 Å². The standard InChI is InChI=1S/C25H33NO7/c1-4-31-22(29)15-6-5-7-16(12-15)26-23(30)33-20-10-11-24(2)17-13-21(28)32-18(17)8-9-19(24)25(20,3)14-27/h5-7,12,17-20,27H,4,8-11,13-14H2,1-3H3,(H,26,30)/t17-,18-,19+,20-,24+,25+/m1/s1. The average Bonchev–Trinajstić information content (AvgIpc) is 3.18. The number of anilines is 1. The van der Waals surface area contributed by atoms with Crippen LogP contribution >= 0.6 is 0 Å². The van der Waals surface area contributed by atoms with Crippen molar-refractivity contribution in [1.29, 1.82) is 0 Å². The van der Waals surface area contributed by atoms with Crippen LogP contribution in [0.15, 0.2) is 24.3 Å². The summed E-state index contributed by atoms with van der Waals surface area (Å²) in [5.74, 6) is -0.362. The Morgan fingerprint density at radius 1 is 1.24 bits per heavy atom. The summed E-state index contributed by atoms with van der Waals surface area (Å²) in [5, 5.41) is 13.2. The molecular weight excluding hydrogens is 426 g/mol. The number of fused-ring (bicyclic) bond motifs is 3. The van der Waals surface area contributed by atoms with Crippen molar-refractivity contribution in [3.05, 3.63) is 29.8 Å². The van der Waals surface area contributed by atoms with Crippen LogP contribution < -0.4 is 5.32 Å². The molecule has 1 heterocycles. The number of aliphatic hydroxyl groups is 1. The van der Waals surface area contributed by atoms with Crippen molar-refractivity contribution in [2.75, 3.05) is 18.5 Å². The van der Waals surface area contributed by atoms with Gasteiger partial charge in [0.25, 0.3) is 0 Å². The summed E-state index contributed by atoms with van der Waals surface area (Å²) < 4.78 is 16.4. The molecule has 0 unspecified atom stereocenters. The van der Waals surface area contributed by atoms with Crippen molar-refractivity contribution >= 4 is 23.7 Å². The molecule has 1 saturated heterocycles. The largest absolute Gasteiger partial charge is 0.462 e. The van der Waals surface area contributed by atoms with Gasteiger partial charge in [0.05, 0.1) is 25.2 Å². The highest BCUT2D eigenvalue weighted by molar-refractivity contribution is 5.92. The molecule has 0 aromatic heterocycles. The zero-order valence-corrected chi connectivity index (χ0v) is 19.5. The SMILES string of the molecule is CCOC(=O)c1cccc(NC(=O)O[C@@H]2CC[C@]3(C)[C@H](CC[C@H]4OC(=O)C[C@H]43)[C@]2(C)CO)c1. The highest BCUT2D eigenvalue weighted by Crippen LogP contribution is 2.62. The third kappa shape index (κ3) is 4.21. The normalized spacial score (nSPS) is 35.1. The maximum absolute atomic E-state index is 12.8. The van der Waals surface area contributed by atoms with Crippen LogP contribution in [0.25, 0.3) is 0 Å². The van der Waals surface area contributed by atoms with E-state index >= 15 is 0 Å². The molecule has 1 aliphatic heterocycles. The van der Waals surface area contributed by atoms with E-state index in [2.05, 4.69) is 12.2 Å². The van der Waals surface area contributed by atoms with E-state index in [1.807, 2.05) is 6.92 Å². The maximum Gasteiger partial charge on any atom is 0.411 e. The van der Waals surface area contributed by atoms with E-state index in [1.165, 1.54) is 0 Å². The number of carbonyl (C=O) groups is 3. The van der Waals surface area contributed by atoms with Crippen LogP contribution in [0.4, 0.5) is 10.5 Å². The van der Waals surface area contributed by atoms with Gasteiger partial charge in [-0.3, -0.25) is 10.1 Å². The summed E-state index contributed by atoms with van der Waals surface area (Å²) in [4.78, 5) is 36.7. The summed E-state index contributed by atoms with van der Waals surface area (Å²) in [6.45, 7) is 6.06. The van der Waals surface area contributed by atoms with Crippen molar-refractivity contribution in [3.8, 4) is 0 Å². The van der Waals surface area contributed by atoms with E-state index in [4.69, 9.17) is 14.2 Å². The minimum absolute atomic E-state index is 0.0471. The molecule has 4 rings (SSSR count). The zero-order chi connectivity index (χ0) is 23.8. The summed E-state index contributed by atoms with van der Waals surface area (Å²) in [7, 11) is 0. The highest BCUT2D eigenvalue weighted by Gasteiger charge is 2.62. The molecule has 180 valence electrons. The number of amides is 1. The fourth-order valence-corrected chi connectivity index (χ4v) is 6.51. The van der Waals surface area contributed by atoms with Gasteiger partial charge in [0.15, 0.2) is 0 Å². The quantitative estimate of drug-likeness (QED) is 0.507. The summed E-state index contributed by atoms with van der Waals surface area (Å²) in [5.41, 5.74) is -0.0164. The molecule has 1 aromatic carbocycles. The second-order valence-electron chi connectivity index (χ2n) is 10.00. The van der Waals surface area contributed by atoms with Gasteiger partial charge in [0, 0.05) is 17.0 Å². The number of nitrogens with one attached hydrogen (secondary N) is 1. The predicted molar refractivity (Wildman–Crippen MR) is 120 cm³/mol. The Labute approximate surface area is 194 Å². The van der Waals surface area contributed by atoms with E-state index in [0.29, 0.717) is 24.1 Å². The van der Waals surface area contributed by atoms with Crippen molar-refractivity contribution in [2.45, 2.75) is 65.1 Å². The Balaban J connectivity index is 1.47. The summed E-state index contributed by atoms with van der Waals surface area (Å²) >= 11 is 0. The van der Waals surface area contributed by atoms with Gasteiger partial charge in [-0.15, -0.1) is 0 Å². The molecule has 8 heteroatoms. The number of carbonyl (C=O) groups excluding carboxylic acids is 3. The lowest BCUT2D eigenvalue weighted by atomic mass is 9.46. The molecule has 3 aliphatic rings. The first-order valence-corrected chi connectivity index (χ1v) is 11.8. The average molecular weight is 460 g/mol. The molecule has 0 spiro atoms. The molecule has 0 bridgehead atoms. The van der Waals surface area contributed by atoms with Crippen LogP contribution in [-0.4, -0.2) is 48.6 Å². The zero-order valence-electron chi connectivity index (χ0n) is 19.5. The monoisotopic (exact) mass is 459 g/mol. The number of ether oxygens (including phenoxy) is 3. The molecule has 0 radical (unpaired) electrons. The van der Waals surface area contributed by atoms with Gasteiger partial charge in [0.2, 0.25) is 0 Å². The predicted octanol–water partition coefficient (Wildman–Crippen LogP) is 3.92. The number of hydrogen-bond donors (Lipinski definition) is 2. The lowest BCUT2D eigenvalue weighted by molar-refractivity contribution is -0.174. The third-order valence-electron chi connectivity index (χ3n) is 8.19. The summed E-state index contributed by atoms with van der Waals surface area (Å²) in [6.07, 6.45) is 2.24. The van der Waals surface area contributed by atoms with E-state index < -0.39 is 23.6 Å². The topological polar surface area (TPSA) is 111 Å². The van der Waals surface area contributed by atoms with Crippen LogP contribution in [0.5, 0.6) is 0 Å². The van der Waals surface area contributed by atoms with Crippen LogP contribution in [-0.2, 0) is 19.0 Å². The molecule has 33 heavy (non-hydrogen) atoms. The lowest BCUT2D eigenvalue weighted by Crippen LogP contribution is -2.59. The molecule has 2 aliphatic carbocycles. The van der Waals surface area contributed by atoms with E-state index in [1.54, 1.807) is 31.2 Å². The fourth-order valence-electron chi connectivity index (χ4n) is 6.51. The number of benzene rings is 1. The Bertz CT molecular complexity index is 933. The van der Waals surface area contributed by atoms with Gasteiger partial charge in [-0.2, -0.15) is 0 Å². The Hall–Kier alpha value is -2.61. The molecule has 2 N–H and O–H groups in total. The van der Waals surface area contributed by atoms with Crippen LogP contribution in [0.3, 0.4) is 0 Å². The second-order valence-corrected chi connectivity index (χ2v) is 10.00. The van der Waals surface area contributed by atoms with E-state index in [9.17, 15) is 19.5 Å². The smallest absolute Gasteiger partial charge is 0.411 e. The Kier molecular flexibility index (Phi) is 6.40. The molecule has 6 atom stereocenters. The summed E-state index contributed by atoms with van der Waals surface area (Å²) in [6, 6.07) is 6.49. The van der Waals surface area contributed by atoms with Crippen LogP contribution in [0, 0.1) is 22.7 Å². The fraction of sp³-hybridized carbons (Fsp3) is 0.640. The minimum Gasteiger partial charge on any atom is -0.462 e.